The fraction of sp³-hybridized carbons (Fsp3) is 0.353. The zero-order valence-electron chi connectivity index (χ0n) is 12.6. The van der Waals surface area contributed by atoms with E-state index in [-0.39, 0.29) is 12.7 Å². The van der Waals surface area contributed by atoms with Crippen LogP contribution in [0.25, 0.3) is 6.08 Å². The van der Waals surface area contributed by atoms with Gasteiger partial charge in [-0.15, -0.1) is 0 Å². The van der Waals surface area contributed by atoms with Crippen LogP contribution in [0.4, 0.5) is 0 Å². The van der Waals surface area contributed by atoms with Crippen molar-refractivity contribution in [1.82, 2.24) is 4.90 Å². The molecule has 2 aliphatic heterocycles. The summed E-state index contributed by atoms with van der Waals surface area (Å²) in [6.07, 6.45) is 9.27. The van der Waals surface area contributed by atoms with Crippen molar-refractivity contribution in [3.8, 4) is 17.2 Å². The number of methoxy groups -OCH3 is 1. The largest absolute Gasteiger partial charge is 0.496 e. The first-order valence-electron chi connectivity index (χ1n) is 7.39. The fourth-order valence-corrected chi connectivity index (χ4v) is 2.59. The molecule has 0 atom stereocenters. The molecule has 1 aromatic carbocycles. The maximum atomic E-state index is 11.9. The van der Waals surface area contributed by atoms with Gasteiger partial charge in [-0.25, -0.2) is 0 Å². The minimum atomic E-state index is 0.0693. The number of hydrogen-bond acceptors (Lipinski definition) is 4. The van der Waals surface area contributed by atoms with Crippen LogP contribution >= 0.6 is 0 Å². The number of rotatable bonds is 4. The zero-order chi connectivity index (χ0) is 15.4. The standard InChI is InChI=1S/C17H19NO4/c1-20-14-11-16-15(21-12-22-16)10-13(14)6-2-3-7-17(19)18-8-4-5-9-18/h2-3,6-7,10-11H,4-5,8-9,12H2,1H3. The molecule has 1 fully saturated rings. The molecule has 22 heavy (non-hydrogen) atoms. The Bertz CT molecular complexity index is 615. The monoisotopic (exact) mass is 301 g/mol. The van der Waals surface area contributed by atoms with Crippen LogP contribution in [0, 0.1) is 0 Å². The molecule has 5 nitrogen and oxygen atoms in total. The summed E-state index contributed by atoms with van der Waals surface area (Å²) in [5, 5.41) is 0. The number of carbonyl (C=O) groups is 1. The van der Waals surface area contributed by atoms with Gasteiger partial charge in [0.25, 0.3) is 0 Å². The molecule has 3 rings (SSSR count). The van der Waals surface area contributed by atoms with Gasteiger partial charge in [0.15, 0.2) is 11.5 Å². The van der Waals surface area contributed by atoms with Gasteiger partial charge in [-0.2, -0.15) is 0 Å². The third-order valence-corrected chi connectivity index (χ3v) is 3.77. The van der Waals surface area contributed by atoms with Crippen molar-refractivity contribution in [3.63, 3.8) is 0 Å². The van der Waals surface area contributed by atoms with Crippen LogP contribution in [0.3, 0.4) is 0 Å². The molecule has 0 bridgehead atoms. The van der Waals surface area contributed by atoms with Crippen molar-refractivity contribution in [3.05, 3.63) is 35.9 Å². The Hall–Kier alpha value is -2.43. The van der Waals surface area contributed by atoms with Crippen LogP contribution in [-0.2, 0) is 4.79 Å². The Labute approximate surface area is 129 Å². The van der Waals surface area contributed by atoms with Crippen LogP contribution in [0.15, 0.2) is 30.4 Å². The second-order valence-corrected chi connectivity index (χ2v) is 5.20. The molecule has 116 valence electrons. The molecule has 1 saturated heterocycles. The average Bonchev–Trinajstić information content (AvgIpc) is 3.20. The molecule has 0 radical (unpaired) electrons. The zero-order valence-corrected chi connectivity index (χ0v) is 12.6. The van der Waals surface area contributed by atoms with E-state index in [1.54, 1.807) is 25.3 Å². The predicted molar refractivity (Wildman–Crippen MR) is 83.1 cm³/mol. The summed E-state index contributed by atoms with van der Waals surface area (Å²) in [6, 6.07) is 3.68. The maximum Gasteiger partial charge on any atom is 0.246 e. The Morgan fingerprint density at radius 1 is 1.18 bits per heavy atom. The first-order chi connectivity index (χ1) is 10.8. The number of amides is 1. The van der Waals surface area contributed by atoms with Crippen LogP contribution in [0.1, 0.15) is 18.4 Å². The molecule has 0 aromatic heterocycles. The molecular formula is C17H19NO4. The lowest BCUT2D eigenvalue weighted by Crippen LogP contribution is -2.25. The van der Waals surface area contributed by atoms with Gasteiger partial charge in [0, 0.05) is 30.8 Å². The summed E-state index contributed by atoms with van der Waals surface area (Å²) >= 11 is 0. The van der Waals surface area contributed by atoms with E-state index >= 15 is 0 Å². The number of nitrogens with zero attached hydrogens (tertiary/aromatic N) is 1. The molecule has 0 saturated carbocycles. The molecule has 0 spiro atoms. The van der Waals surface area contributed by atoms with Crippen molar-refractivity contribution in [2.24, 2.45) is 0 Å². The van der Waals surface area contributed by atoms with Crippen LogP contribution in [0.2, 0.25) is 0 Å². The highest BCUT2D eigenvalue weighted by Gasteiger charge is 2.17. The summed E-state index contributed by atoms with van der Waals surface area (Å²) in [5.41, 5.74) is 0.880. The first kappa shape index (κ1) is 14.5. The molecule has 5 heteroatoms. The average molecular weight is 301 g/mol. The Morgan fingerprint density at radius 3 is 2.64 bits per heavy atom. The van der Waals surface area contributed by atoms with Crippen LogP contribution in [-0.4, -0.2) is 37.8 Å². The minimum absolute atomic E-state index is 0.0693. The number of hydrogen-bond donors (Lipinski definition) is 0. The quantitative estimate of drug-likeness (QED) is 0.633. The van der Waals surface area contributed by atoms with Gasteiger partial charge in [0.05, 0.1) is 7.11 Å². The number of allylic oxidation sites excluding steroid dienone is 2. The lowest BCUT2D eigenvalue weighted by atomic mass is 10.1. The summed E-state index contributed by atoms with van der Waals surface area (Å²) in [7, 11) is 1.61. The fourth-order valence-electron chi connectivity index (χ4n) is 2.59. The molecule has 2 heterocycles. The van der Waals surface area contributed by atoms with Gasteiger partial charge in [-0.1, -0.05) is 18.2 Å². The second-order valence-electron chi connectivity index (χ2n) is 5.20. The third kappa shape index (κ3) is 3.08. The normalized spacial score (nSPS) is 16.9. The van der Waals surface area contributed by atoms with Gasteiger partial charge in [0.2, 0.25) is 12.7 Å². The van der Waals surface area contributed by atoms with Crippen molar-refractivity contribution in [2.45, 2.75) is 12.8 Å². The Kier molecular flexibility index (Phi) is 4.32. The van der Waals surface area contributed by atoms with Gasteiger partial charge in [-0.3, -0.25) is 4.79 Å². The van der Waals surface area contributed by atoms with E-state index in [1.165, 1.54) is 0 Å². The summed E-state index contributed by atoms with van der Waals surface area (Å²) in [6.45, 7) is 1.96. The Morgan fingerprint density at radius 2 is 1.91 bits per heavy atom. The number of fused-ring (bicyclic) bond motifs is 1. The molecule has 0 N–H and O–H groups in total. The van der Waals surface area contributed by atoms with E-state index in [4.69, 9.17) is 14.2 Å². The van der Waals surface area contributed by atoms with E-state index in [0.717, 1.165) is 31.5 Å². The van der Waals surface area contributed by atoms with E-state index in [9.17, 15) is 4.79 Å². The molecule has 1 amide bonds. The van der Waals surface area contributed by atoms with E-state index in [2.05, 4.69) is 0 Å². The smallest absolute Gasteiger partial charge is 0.246 e. The number of ether oxygens (including phenoxy) is 3. The van der Waals surface area contributed by atoms with E-state index < -0.39 is 0 Å². The van der Waals surface area contributed by atoms with Crippen LogP contribution < -0.4 is 14.2 Å². The van der Waals surface area contributed by atoms with Crippen molar-refractivity contribution < 1.29 is 19.0 Å². The summed E-state index contributed by atoms with van der Waals surface area (Å²) in [5.74, 6) is 2.17. The third-order valence-electron chi connectivity index (χ3n) is 3.77. The highest BCUT2D eigenvalue weighted by atomic mass is 16.7. The van der Waals surface area contributed by atoms with Gasteiger partial charge < -0.3 is 19.1 Å². The van der Waals surface area contributed by atoms with Crippen LogP contribution in [0.5, 0.6) is 17.2 Å². The van der Waals surface area contributed by atoms with Gasteiger partial charge in [-0.05, 0) is 18.9 Å². The SMILES string of the molecule is COc1cc2c(cc1C=CC=CC(=O)N1CCCC1)OCO2. The topological polar surface area (TPSA) is 48.0 Å². The minimum Gasteiger partial charge on any atom is -0.496 e. The highest BCUT2D eigenvalue weighted by molar-refractivity contribution is 5.88. The van der Waals surface area contributed by atoms with Gasteiger partial charge in [0.1, 0.15) is 5.75 Å². The van der Waals surface area contributed by atoms with Gasteiger partial charge >= 0.3 is 0 Å². The lowest BCUT2D eigenvalue weighted by Gasteiger charge is -2.11. The van der Waals surface area contributed by atoms with Crippen molar-refractivity contribution >= 4 is 12.0 Å². The number of benzene rings is 1. The van der Waals surface area contributed by atoms with E-state index in [0.29, 0.717) is 17.2 Å². The number of carbonyl (C=O) groups excluding carboxylic acids is 1. The maximum absolute atomic E-state index is 11.9. The number of likely N-dealkylation sites (tertiary alicyclic amines) is 1. The molecule has 0 aliphatic carbocycles. The van der Waals surface area contributed by atoms with Crippen molar-refractivity contribution in [2.75, 3.05) is 27.0 Å². The molecule has 2 aliphatic rings. The molecule has 1 aromatic rings. The molecular weight excluding hydrogens is 282 g/mol. The lowest BCUT2D eigenvalue weighted by molar-refractivity contribution is -0.124. The predicted octanol–water partition coefficient (Wildman–Crippen LogP) is 2.62. The Balaban J connectivity index is 1.68. The summed E-state index contributed by atoms with van der Waals surface area (Å²) in [4.78, 5) is 13.7. The summed E-state index contributed by atoms with van der Waals surface area (Å²) < 4.78 is 16.0. The second kappa shape index (κ2) is 6.56. The van der Waals surface area contributed by atoms with Crippen molar-refractivity contribution in [1.29, 1.82) is 0 Å². The molecule has 0 unspecified atom stereocenters. The van der Waals surface area contributed by atoms with E-state index in [1.807, 2.05) is 23.1 Å². The first-order valence-corrected chi connectivity index (χ1v) is 7.39. The highest BCUT2D eigenvalue weighted by Crippen LogP contribution is 2.38.